The van der Waals surface area contributed by atoms with Crippen LogP contribution in [0.3, 0.4) is 0 Å². The topological polar surface area (TPSA) is 185 Å². The average Bonchev–Trinajstić information content (AvgIpc) is 2.71. The SMILES string of the molecule is CN(C)c1cc(Oc2nc(Oc3cccc(NC(=N)N)c3)nc(N)c2N)ccc1C#N. The summed E-state index contributed by atoms with van der Waals surface area (Å²) in [5.41, 5.74) is 19.0. The number of hydrogen-bond acceptors (Lipinski definition) is 9. The minimum Gasteiger partial charge on any atom is -0.437 e. The van der Waals surface area contributed by atoms with Crippen LogP contribution >= 0.6 is 0 Å². The molecule has 0 fully saturated rings. The zero-order chi connectivity index (χ0) is 22.5. The Hall–Kier alpha value is -4.72. The van der Waals surface area contributed by atoms with E-state index in [1.165, 1.54) is 0 Å². The predicted octanol–water partition coefficient (Wildman–Crippen LogP) is 2.47. The highest BCUT2D eigenvalue weighted by atomic mass is 16.5. The molecule has 0 aliphatic heterocycles. The fraction of sp³-hybridized carbons (Fsp3) is 0.100. The van der Waals surface area contributed by atoms with Gasteiger partial charge in [-0.2, -0.15) is 15.2 Å². The van der Waals surface area contributed by atoms with Crippen LogP contribution in [-0.4, -0.2) is 30.0 Å². The zero-order valence-corrected chi connectivity index (χ0v) is 16.9. The Bertz CT molecular complexity index is 1170. The molecule has 0 atom stereocenters. The molecule has 0 bridgehead atoms. The lowest BCUT2D eigenvalue weighted by molar-refractivity contribution is 0.414. The molecular formula is C20H21N9O2. The van der Waals surface area contributed by atoms with Crippen LogP contribution in [0.15, 0.2) is 42.5 Å². The normalized spacial score (nSPS) is 10.1. The molecule has 0 unspecified atom stereocenters. The van der Waals surface area contributed by atoms with Crippen molar-refractivity contribution in [3.8, 4) is 29.5 Å². The Labute approximate surface area is 178 Å². The van der Waals surface area contributed by atoms with Crippen molar-refractivity contribution in [2.45, 2.75) is 0 Å². The molecule has 11 nitrogen and oxygen atoms in total. The summed E-state index contributed by atoms with van der Waals surface area (Å²) in [7, 11) is 3.63. The van der Waals surface area contributed by atoms with Gasteiger partial charge in [-0.15, -0.1) is 0 Å². The number of nitriles is 1. The second-order valence-electron chi connectivity index (χ2n) is 6.57. The molecule has 3 rings (SSSR count). The van der Waals surface area contributed by atoms with Crippen LogP contribution in [0.2, 0.25) is 0 Å². The number of anilines is 4. The Kier molecular flexibility index (Phi) is 5.92. The van der Waals surface area contributed by atoms with E-state index in [0.717, 1.165) is 0 Å². The number of nitrogens with two attached hydrogens (primary N) is 3. The summed E-state index contributed by atoms with van der Waals surface area (Å²) < 4.78 is 11.5. The average molecular weight is 419 g/mol. The number of hydrogen-bond donors (Lipinski definition) is 5. The van der Waals surface area contributed by atoms with E-state index in [4.69, 9.17) is 32.1 Å². The van der Waals surface area contributed by atoms with Crippen LogP contribution in [0.25, 0.3) is 0 Å². The molecule has 8 N–H and O–H groups in total. The van der Waals surface area contributed by atoms with E-state index in [1.54, 1.807) is 47.4 Å². The van der Waals surface area contributed by atoms with Crippen LogP contribution < -0.4 is 36.9 Å². The Balaban J connectivity index is 1.89. The van der Waals surface area contributed by atoms with E-state index in [9.17, 15) is 5.26 Å². The molecular weight excluding hydrogens is 398 g/mol. The minimum atomic E-state index is -0.208. The predicted molar refractivity (Wildman–Crippen MR) is 118 cm³/mol. The third-order valence-electron chi connectivity index (χ3n) is 4.03. The summed E-state index contributed by atoms with van der Waals surface area (Å²) in [5.74, 6) is 0.579. The monoisotopic (exact) mass is 419 g/mol. The number of nitrogens with one attached hydrogen (secondary N) is 2. The Morgan fingerprint density at radius 3 is 2.52 bits per heavy atom. The largest absolute Gasteiger partial charge is 0.437 e. The summed E-state index contributed by atoms with van der Waals surface area (Å²) >= 11 is 0. The summed E-state index contributed by atoms with van der Waals surface area (Å²) in [4.78, 5) is 10.0. The molecule has 0 spiro atoms. The molecule has 3 aromatic rings. The van der Waals surface area contributed by atoms with Crippen molar-refractivity contribution in [1.82, 2.24) is 9.97 Å². The molecule has 1 heterocycles. The van der Waals surface area contributed by atoms with E-state index < -0.39 is 0 Å². The smallest absolute Gasteiger partial charge is 0.327 e. The zero-order valence-electron chi connectivity index (χ0n) is 16.9. The van der Waals surface area contributed by atoms with Gasteiger partial charge in [0, 0.05) is 31.9 Å². The molecule has 0 radical (unpaired) electrons. The second kappa shape index (κ2) is 8.75. The highest BCUT2D eigenvalue weighted by Crippen LogP contribution is 2.34. The van der Waals surface area contributed by atoms with Gasteiger partial charge >= 0.3 is 6.01 Å². The fourth-order valence-corrected chi connectivity index (χ4v) is 2.62. The molecule has 1 aromatic heterocycles. The lowest BCUT2D eigenvalue weighted by Gasteiger charge is -2.16. The van der Waals surface area contributed by atoms with E-state index in [1.807, 2.05) is 14.1 Å². The van der Waals surface area contributed by atoms with Gasteiger partial charge in [-0.3, -0.25) is 5.41 Å². The highest BCUT2D eigenvalue weighted by Gasteiger charge is 2.15. The van der Waals surface area contributed by atoms with Crippen molar-refractivity contribution in [1.29, 1.82) is 10.7 Å². The minimum absolute atomic E-state index is 0.00919. The molecule has 11 heteroatoms. The quantitative estimate of drug-likeness (QED) is 0.293. The number of nitrogen functional groups attached to an aromatic ring is 2. The van der Waals surface area contributed by atoms with Crippen molar-refractivity contribution < 1.29 is 9.47 Å². The maximum absolute atomic E-state index is 9.26. The van der Waals surface area contributed by atoms with Crippen molar-refractivity contribution >= 4 is 28.8 Å². The van der Waals surface area contributed by atoms with Crippen LogP contribution in [0.1, 0.15) is 5.56 Å². The lowest BCUT2D eigenvalue weighted by Crippen LogP contribution is -2.20. The van der Waals surface area contributed by atoms with Gasteiger partial charge in [-0.25, -0.2) is 0 Å². The number of benzene rings is 2. The fourth-order valence-electron chi connectivity index (χ4n) is 2.62. The first-order valence-electron chi connectivity index (χ1n) is 8.98. The molecule has 0 aliphatic rings. The van der Waals surface area contributed by atoms with E-state index in [2.05, 4.69) is 21.4 Å². The van der Waals surface area contributed by atoms with Crippen molar-refractivity contribution in [3.05, 3.63) is 48.0 Å². The first-order valence-corrected chi connectivity index (χ1v) is 8.98. The maximum Gasteiger partial charge on any atom is 0.327 e. The molecule has 158 valence electrons. The highest BCUT2D eigenvalue weighted by molar-refractivity contribution is 5.89. The van der Waals surface area contributed by atoms with Gasteiger partial charge in [0.25, 0.3) is 5.88 Å². The molecule has 0 amide bonds. The molecule has 0 saturated heterocycles. The number of guanidine groups is 1. The van der Waals surface area contributed by atoms with E-state index >= 15 is 0 Å². The van der Waals surface area contributed by atoms with Crippen LogP contribution in [-0.2, 0) is 0 Å². The Morgan fingerprint density at radius 1 is 1.10 bits per heavy atom. The van der Waals surface area contributed by atoms with Gasteiger partial charge < -0.3 is 36.9 Å². The van der Waals surface area contributed by atoms with E-state index in [-0.39, 0.29) is 29.4 Å². The van der Waals surface area contributed by atoms with Crippen molar-refractivity contribution in [2.75, 3.05) is 35.8 Å². The summed E-state index contributed by atoms with van der Waals surface area (Å²) in [6.45, 7) is 0. The first kappa shape index (κ1) is 21.0. The Morgan fingerprint density at radius 2 is 1.84 bits per heavy atom. The number of rotatable bonds is 6. The summed E-state index contributed by atoms with van der Waals surface area (Å²) in [6, 6.07) is 13.7. The van der Waals surface area contributed by atoms with Crippen LogP contribution in [0.4, 0.5) is 22.9 Å². The van der Waals surface area contributed by atoms with Gasteiger partial charge in [0.1, 0.15) is 23.3 Å². The third kappa shape index (κ3) is 5.01. The molecule has 2 aromatic carbocycles. The lowest BCUT2D eigenvalue weighted by atomic mass is 10.2. The van der Waals surface area contributed by atoms with Gasteiger partial charge in [0.05, 0.1) is 11.3 Å². The van der Waals surface area contributed by atoms with Gasteiger partial charge in [-0.05, 0) is 24.3 Å². The maximum atomic E-state index is 9.26. The third-order valence-corrected chi connectivity index (χ3v) is 4.03. The number of ether oxygens (including phenoxy) is 2. The number of nitrogens with zero attached hydrogens (tertiary/aromatic N) is 4. The molecule has 31 heavy (non-hydrogen) atoms. The van der Waals surface area contributed by atoms with Crippen LogP contribution in [0, 0.1) is 16.7 Å². The van der Waals surface area contributed by atoms with Gasteiger partial charge in [0.2, 0.25) is 0 Å². The van der Waals surface area contributed by atoms with Gasteiger partial charge in [0.15, 0.2) is 11.8 Å². The number of aromatic nitrogens is 2. The first-order chi connectivity index (χ1) is 14.8. The second-order valence-corrected chi connectivity index (χ2v) is 6.57. The summed E-state index contributed by atoms with van der Waals surface area (Å²) in [5, 5.41) is 19.2. The van der Waals surface area contributed by atoms with Crippen molar-refractivity contribution in [3.63, 3.8) is 0 Å². The summed E-state index contributed by atoms with van der Waals surface area (Å²) in [6.07, 6.45) is 0. The molecule has 0 aliphatic carbocycles. The van der Waals surface area contributed by atoms with Crippen LogP contribution in [0.5, 0.6) is 23.4 Å². The van der Waals surface area contributed by atoms with E-state index in [0.29, 0.717) is 28.4 Å². The van der Waals surface area contributed by atoms with Crippen molar-refractivity contribution in [2.24, 2.45) is 5.73 Å². The standard InChI is InChI=1S/C20H21N9O2/c1-29(2)15-9-14(7-6-11(15)10-21)30-18-16(22)17(23)27-20(28-18)31-13-5-3-4-12(8-13)26-19(24)25/h3-9H,22H2,1-2H3,(H2,23,27,28)(H4,24,25,26). The van der Waals surface area contributed by atoms with Gasteiger partial charge in [-0.1, -0.05) is 6.07 Å². The molecule has 0 saturated carbocycles.